The molecule has 7 heteroatoms. The molecular weight excluding hydrogens is 324 g/mol. The number of carbonyl (C=O) groups is 2. The number of halogens is 1. The third-order valence-electron chi connectivity index (χ3n) is 2.81. The van der Waals surface area contributed by atoms with Gasteiger partial charge in [0.2, 0.25) is 0 Å². The van der Waals surface area contributed by atoms with Crippen molar-refractivity contribution in [3.63, 3.8) is 0 Å². The van der Waals surface area contributed by atoms with Gasteiger partial charge in [0.05, 0.1) is 26.9 Å². The fourth-order valence-electron chi connectivity index (χ4n) is 1.85. The molecule has 0 fully saturated rings. The van der Waals surface area contributed by atoms with Crippen molar-refractivity contribution >= 4 is 23.5 Å². The molecule has 6 nitrogen and oxygen atoms in total. The first kappa shape index (κ1) is 19.1. The summed E-state index contributed by atoms with van der Waals surface area (Å²) in [4.78, 5) is 23.3. The minimum atomic E-state index is -0.548. The first-order valence-corrected chi connectivity index (χ1v) is 7.74. The summed E-state index contributed by atoms with van der Waals surface area (Å²) in [6.45, 7) is 4.26. The first-order valence-electron chi connectivity index (χ1n) is 7.36. The fraction of sp³-hybridized carbons (Fsp3) is 0.500. The second kappa shape index (κ2) is 9.94. The van der Waals surface area contributed by atoms with E-state index in [1.54, 1.807) is 19.9 Å². The maximum absolute atomic E-state index is 12.0. The van der Waals surface area contributed by atoms with Crippen LogP contribution in [0.4, 0.5) is 0 Å². The second-order valence-electron chi connectivity index (χ2n) is 4.46. The van der Waals surface area contributed by atoms with E-state index >= 15 is 0 Å². The Labute approximate surface area is 140 Å². The molecule has 0 atom stereocenters. The molecule has 1 aromatic carbocycles. The molecule has 0 spiro atoms. The van der Waals surface area contributed by atoms with Gasteiger partial charge in [-0.05, 0) is 26.3 Å². The summed E-state index contributed by atoms with van der Waals surface area (Å²) in [7, 11) is 1.45. The summed E-state index contributed by atoms with van der Waals surface area (Å²) < 4.78 is 20.7. The number of hydrogen-bond donors (Lipinski definition) is 0. The Balaban J connectivity index is 2.82. The van der Waals surface area contributed by atoms with Gasteiger partial charge in [-0.3, -0.25) is 4.79 Å². The summed E-state index contributed by atoms with van der Waals surface area (Å²) in [5, 5.41) is 0.337. The summed E-state index contributed by atoms with van der Waals surface area (Å²) in [5.41, 5.74) is 0.187. The Morgan fingerprint density at radius 2 is 1.83 bits per heavy atom. The zero-order valence-corrected chi connectivity index (χ0v) is 14.3. The van der Waals surface area contributed by atoms with Crippen molar-refractivity contribution in [3.8, 4) is 11.5 Å². The van der Waals surface area contributed by atoms with Crippen LogP contribution in [0.2, 0.25) is 5.02 Å². The van der Waals surface area contributed by atoms with Gasteiger partial charge in [-0.1, -0.05) is 11.6 Å². The maximum Gasteiger partial charge on any atom is 0.342 e. The van der Waals surface area contributed by atoms with Gasteiger partial charge in [0, 0.05) is 17.5 Å². The number of carbonyl (C=O) groups excluding carboxylic acids is 2. The number of esters is 2. The van der Waals surface area contributed by atoms with Crippen LogP contribution in [-0.4, -0.2) is 38.9 Å². The third-order valence-corrected chi connectivity index (χ3v) is 3.03. The van der Waals surface area contributed by atoms with Crippen LogP contribution < -0.4 is 9.47 Å². The number of methoxy groups -OCH3 is 1. The highest BCUT2D eigenvalue weighted by Crippen LogP contribution is 2.35. The Morgan fingerprint density at radius 1 is 1.13 bits per heavy atom. The van der Waals surface area contributed by atoms with Crippen molar-refractivity contribution in [2.45, 2.75) is 26.7 Å². The molecule has 0 aliphatic heterocycles. The maximum atomic E-state index is 12.0. The van der Waals surface area contributed by atoms with Gasteiger partial charge in [0.1, 0.15) is 5.56 Å². The molecule has 0 radical (unpaired) electrons. The van der Waals surface area contributed by atoms with Gasteiger partial charge in [0.15, 0.2) is 11.5 Å². The molecule has 1 rings (SSSR count). The quantitative estimate of drug-likeness (QED) is 0.506. The van der Waals surface area contributed by atoms with Crippen LogP contribution >= 0.6 is 11.6 Å². The largest absolute Gasteiger partial charge is 0.493 e. The van der Waals surface area contributed by atoms with Crippen LogP contribution in [0.1, 0.15) is 37.0 Å². The van der Waals surface area contributed by atoms with Gasteiger partial charge in [0.25, 0.3) is 0 Å². The molecule has 1 aromatic rings. The first-order chi connectivity index (χ1) is 11.0. The third kappa shape index (κ3) is 5.98. The SMILES string of the molecule is CCOC(=O)CCCOc1c(OC)cc(Cl)cc1C(=O)OCC. The Hall–Kier alpha value is -1.95. The molecule has 0 aromatic heterocycles. The molecule has 0 amide bonds. The highest BCUT2D eigenvalue weighted by Gasteiger charge is 2.20. The van der Waals surface area contributed by atoms with E-state index in [0.717, 1.165) is 0 Å². The molecule has 0 saturated heterocycles. The number of ether oxygens (including phenoxy) is 4. The Bertz CT molecular complexity index is 544. The van der Waals surface area contributed by atoms with Gasteiger partial charge < -0.3 is 18.9 Å². The zero-order chi connectivity index (χ0) is 17.2. The highest BCUT2D eigenvalue weighted by atomic mass is 35.5. The van der Waals surface area contributed by atoms with Crippen LogP contribution in [0.5, 0.6) is 11.5 Å². The normalized spacial score (nSPS) is 10.1. The van der Waals surface area contributed by atoms with E-state index in [0.29, 0.717) is 23.8 Å². The lowest BCUT2D eigenvalue weighted by atomic mass is 10.2. The fourth-order valence-corrected chi connectivity index (χ4v) is 2.06. The van der Waals surface area contributed by atoms with Gasteiger partial charge in [-0.2, -0.15) is 0 Å². The summed E-state index contributed by atoms with van der Waals surface area (Å²) >= 11 is 5.98. The van der Waals surface area contributed by atoms with E-state index in [1.165, 1.54) is 13.2 Å². The van der Waals surface area contributed by atoms with Gasteiger partial charge >= 0.3 is 11.9 Å². The molecule has 0 aliphatic carbocycles. The van der Waals surface area contributed by atoms with E-state index < -0.39 is 5.97 Å². The minimum Gasteiger partial charge on any atom is -0.493 e. The van der Waals surface area contributed by atoms with Crippen LogP contribution in [0.15, 0.2) is 12.1 Å². The summed E-state index contributed by atoms with van der Waals surface area (Å²) in [5.74, 6) is -0.255. The molecule has 0 unspecified atom stereocenters. The van der Waals surface area contributed by atoms with Crippen molar-refractivity contribution in [1.29, 1.82) is 0 Å². The van der Waals surface area contributed by atoms with E-state index in [-0.39, 0.29) is 36.9 Å². The van der Waals surface area contributed by atoms with E-state index in [9.17, 15) is 9.59 Å². The number of benzene rings is 1. The molecule has 0 heterocycles. The molecule has 0 N–H and O–H groups in total. The lowest BCUT2D eigenvalue weighted by molar-refractivity contribution is -0.143. The summed E-state index contributed by atoms with van der Waals surface area (Å²) in [6, 6.07) is 3.01. The number of rotatable bonds is 9. The monoisotopic (exact) mass is 344 g/mol. The topological polar surface area (TPSA) is 71.1 Å². The van der Waals surface area contributed by atoms with Gasteiger partial charge in [-0.25, -0.2) is 4.79 Å². The van der Waals surface area contributed by atoms with Crippen LogP contribution in [-0.2, 0) is 14.3 Å². The van der Waals surface area contributed by atoms with Crippen LogP contribution in [0.3, 0.4) is 0 Å². The minimum absolute atomic E-state index is 0.187. The van der Waals surface area contributed by atoms with Crippen LogP contribution in [0, 0.1) is 0 Å². The smallest absolute Gasteiger partial charge is 0.342 e. The lowest BCUT2D eigenvalue weighted by Crippen LogP contribution is -2.11. The van der Waals surface area contributed by atoms with Crippen molar-refractivity contribution < 1.29 is 28.5 Å². The predicted molar refractivity (Wildman–Crippen MR) is 85.3 cm³/mol. The molecular formula is C16H21ClO6. The average molecular weight is 345 g/mol. The molecule has 0 saturated carbocycles. The standard InChI is InChI=1S/C16H21ClO6/c1-4-21-14(18)7-6-8-23-15-12(16(19)22-5-2)9-11(17)10-13(15)20-3/h9-10H,4-8H2,1-3H3. The predicted octanol–water partition coefficient (Wildman–Crippen LogP) is 3.25. The second-order valence-corrected chi connectivity index (χ2v) is 4.90. The number of hydrogen-bond acceptors (Lipinski definition) is 6. The Kier molecular flexibility index (Phi) is 8.26. The van der Waals surface area contributed by atoms with Gasteiger partial charge in [-0.15, -0.1) is 0 Å². The summed E-state index contributed by atoms with van der Waals surface area (Å²) in [6.07, 6.45) is 0.686. The Morgan fingerprint density at radius 3 is 2.43 bits per heavy atom. The van der Waals surface area contributed by atoms with Crippen molar-refractivity contribution in [1.82, 2.24) is 0 Å². The molecule has 0 aliphatic rings. The van der Waals surface area contributed by atoms with E-state index in [1.807, 2.05) is 0 Å². The average Bonchev–Trinajstić information content (AvgIpc) is 2.52. The van der Waals surface area contributed by atoms with Crippen molar-refractivity contribution in [2.75, 3.05) is 26.9 Å². The lowest BCUT2D eigenvalue weighted by Gasteiger charge is -2.15. The molecule has 23 heavy (non-hydrogen) atoms. The van der Waals surface area contributed by atoms with Crippen molar-refractivity contribution in [2.24, 2.45) is 0 Å². The highest BCUT2D eigenvalue weighted by molar-refractivity contribution is 6.31. The van der Waals surface area contributed by atoms with E-state index in [4.69, 9.17) is 30.5 Å². The van der Waals surface area contributed by atoms with E-state index in [2.05, 4.69) is 0 Å². The van der Waals surface area contributed by atoms with Crippen molar-refractivity contribution in [3.05, 3.63) is 22.7 Å². The van der Waals surface area contributed by atoms with Crippen LogP contribution in [0.25, 0.3) is 0 Å². The molecule has 0 bridgehead atoms. The molecule has 128 valence electrons. The zero-order valence-electron chi connectivity index (χ0n) is 13.5.